The van der Waals surface area contributed by atoms with Crippen LogP contribution in [0, 0.1) is 5.82 Å². The monoisotopic (exact) mass is 309 g/mol. The molecule has 1 aliphatic rings. The molecule has 0 bridgehead atoms. The minimum Gasteiger partial charge on any atom is -0.360 e. The quantitative estimate of drug-likeness (QED) is 0.743. The Morgan fingerprint density at radius 3 is 2.91 bits per heavy atom. The average molecular weight is 309 g/mol. The number of halogens is 1. The molecule has 116 valence electrons. The molecule has 0 saturated carbocycles. The van der Waals surface area contributed by atoms with Crippen LogP contribution in [0.15, 0.2) is 53.3 Å². The summed E-state index contributed by atoms with van der Waals surface area (Å²) in [6, 6.07) is 10.7. The number of hydrogen-bond donors (Lipinski definition) is 0. The highest BCUT2D eigenvalue weighted by Gasteiger charge is 2.26. The molecule has 0 spiro atoms. The minimum absolute atomic E-state index is 0.270. The number of pyridine rings is 1. The summed E-state index contributed by atoms with van der Waals surface area (Å²) in [7, 11) is 0. The van der Waals surface area contributed by atoms with Crippen LogP contribution < -0.4 is 0 Å². The Hall–Kier alpha value is -2.53. The van der Waals surface area contributed by atoms with Crippen molar-refractivity contribution in [2.75, 3.05) is 6.54 Å². The average Bonchev–Trinajstić information content (AvgIpc) is 2.99. The molecule has 3 aromatic rings. The van der Waals surface area contributed by atoms with E-state index in [1.807, 2.05) is 18.3 Å². The van der Waals surface area contributed by atoms with Crippen LogP contribution in [0.5, 0.6) is 0 Å². The third kappa shape index (κ3) is 2.75. The molecule has 23 heavy (non-hydrogen) atoms. The van der Waals surface area contributed by atoms with Crippen molar-refractivity contribution in [3.63, 3.8) is 0 Å². The Morgan fingerprint density at radius 1 is 1.17 bits per heavy atom. The molecule has 0 fully saturated rings. The van der Waals surface area contributed by atoms with Gasteiger partial charge in [0.2, 0.25) is 0 Å². The van der Waals surface area contributed by atoms with E-state index in [-0.39, 0.29) is 5.82 Å². The molecule has 4 rings (SSSR count). The Morgan fingerprint density at radius 2 is 2.09 bits per heavy atom. The third-order valence-corrected chi connectivity index (χ3v) is 4.16. The second-order valence-corrected chi connectivity index (χ2v) is 5.73. The van der Waals surface area contributed by atoms with Gasteiger partial charge in [-0.3, -0.25) is 9.88 Å². The summed E-state index contributed by atoms with van der Waals surface area (Å²) in [6.07, 6.45) is 4.44. The maximum Gasteiger partial charge on any atom is 0.143 e. The van der Waals surface area contributed by atoms with Crippen molar-refractivity contribution in [1.29, 1.82) is 0 Å². The van der Waals surface area contributed by atoms with E-state index in [1.165, 1.54) is 11.6 Å². The summed E-state index contributed by atoms with van der Waals surface area (Å²) in [5.74, 6) is 0.596. The topological polar surface area (TPSA) is 42.2 Å². The van der Waals surface area contributed by atoms with Crippen LogP contribution in [-0.2, 0) is 19.5 Å². The second-order valence-electron chi connectivity index (χ2n) is 5.73. The van der Waals surface area contributed by atoms with Crippen LogP contribution in [0.4, 0.5) is 4.39 Å². The Balaban J connectivity index is 1.62. The van der Waals surface area contributed by atoms with Gasteiger partial charge in [0.25, 0.3) is 0 Å². The molecular weight excluding hydrogens is 293 g/mol. The fourth-order valence-corrected chi connectivity index (χ4v) is 3.01. The largest absolute Gasteiger partial charge is 0.360 e. The standard InChI is InChI=1S/C18H16FN3O/c19-16-6-2-1-5-14(16)18-15-12-22(9-7-17(15)23-21-18)11-13-4-3-8-20-10-13/h1-6,8,10H,7,9,11-12H2. The lowest BCUT2D eigenvalue weighted by Gasteiger charge is -2.26. The smallest absolute Gasteiger partial charge is 0.143 e. The summed E-state index contributed by atoms with van der Waals surface area (Å²) < 4.78 is 19.5. The molecule has 3 heterocycles. The van der Waals surface area contributed by atoms with Crippen LogP contribution in [0.2, 0.25) is 0 Å². The Kier molecular flexibility index (Phi) is 3.63. The van der Waals surface area contributed by atoms with Crippen molar-refractivity contribution >= 4 is 0 Å². The molecule has 0 saturated heterocycles. The first-order valence-electron chi connectivity index (χ1n) is 7.65. The molecule has 0 atom stereocenters. The van der Waals surface area contributed by atoms with Gasteiger partial charge < -0.3 is 4.52 Å². The maximum atomic E-state index is 14.1. The fraction of sp³-hybridized carbons (Fsp3) is 0.222. The van der Waals surface area contributed by atoms with Gasteiger partial charge in [-0.25, -0.2) is 4.39 Å². The molecule has 5 heteroatoms. The zero-order valence-electron chi connectivity index (χ0n) is 12.6. The summed E-state index contributed by atoms with van der Waals surface area (Å²) in [5.41, 5.74) is 3.28. The van der Waals surface area contributed by atoms with E-state index in [1.54, 1.807) is 18.3 Å². The van der Waals surface area contributed by atoms with Gasteiger partial charge >= 0.3 is 0 Å². The molecule has 2 aromatic heterocycles. The lowest BCUT2D eigenvalue weighted by atomic mass is 10.0. The van der Waals surface area contributed by atoms with Crippen molar-refractivity contribution in [2.24, 2.45) is 0 Å². The number of nitrogens with zero attached hydrogens (tertiary/aromatic N) is 3. The summed E-state index contributed by atoms with van der Waals surface area (Å²) in [5, 5.41) is 4.12. The first-order valence-corrected chi connectivity index (χ1v) is 7.65. The highest BCUT2D eigenvalue weighted by atomic mass is 19.1. The van der Waals surface area contributed by atoms with E-state index >= 15 is 0 Å². The van der Waals surface area contributed by atoms with Gasteiger partial charge in [-0.15, -0.1) is 0 Å². The molecule has 4 nitrogen and oxygen atoms in total. The first kappa shape index (κ1) is 14.1. The highest BCUT2D eigenvalue weighted by molar-refractivity contribution is 5.64. The summed E-state index contributed by atoms with van der Waals surface area (Å²) >= 11 is 0. The number of fused-ring (bicyclic) bond motifs is 1. The molecule has 0 aliphatic carbocycles. The zero-order chi connectivity index (χ0) is 15.6. The van der Waals surface area contributed by atoms with Gasteiger partial charge in [-0.05, 0) is 23.8 Å². The van der Waals surface area contributed by atoms with Crippen LogP contribution in [0.1, 0.15) is 16.9 Å². The van der Waals surface area contributed by atoms with E-state index < -0.39 is 0 Å². The van der Waals surface area contributed by atoms with Gasteiger partial charge in [0.1, 0.15) is 17.3 Å². The van der Waals surface area contributed by atoms with Gasteiger partial charge in [0.05, 0.1) is 0 Å². The van der Waals surface area contributed by atoms with E-state index in [9.17, 15) is 4.39 Å². The van der Waals surface area contributed by atoms with E-state index in [0.29, 0.717) is 17.8 Å². The van der Waals surface area contributed by atoms with Gasteiger partial charge in [0, 0.05) is 49.6 Å². The van der Waals surface area contributed by atoms with Gasteiger partial charge in [0.15, 0.2) is 0 Å². The highest BCUT2D eigenvalue weighted by Crippen LogP contribution is 2.31. The van der Waals surface area contributed by atoms with Crippen LogP contribution >= 0.6 is 0 Å². The van der Waals surface area contributed by atoms with Crippen LogP contribution in [0.25, 0.3) is 11.3 Å². The van der Waals surface area contributed by atoms with Crippen molar-refractivity contribution in [2.45, 2.75) is 19.5 Å². The Bertz CT molecular complexity index is 816. The van der Waals surface area contributed by atoms with Crippen LogP contribution in [0.3, 0.4) is 0 Å². The molecule has 1 aromatic carbocycles. The maximum absolute atomic E-state index is 14.1. The predicted octanol–water partition coefficient (Wildman–Crippen LogP) is 3.43. The van der Waals surface area contributed by atoms with Crippen molar-refractivity contribution in [3.05, 3.63) is 71.5 Å². The zero-order valence-corrected chi connectivity index (χ0v) is 12.6. The van der Waals surface area contributed by atoms with E-state index in [2.05, 4.69) is 21.1 Å². The lowest BCUT2D eigenvalue weighted by Crippen LogP contribution is -2.29. The fourth-order valence-electron chi connectivity index (χ4n) is 3.01. The number of hydrogen-bond acceptors (Lipinski definition) is 4. The van der Waals surface area contributed by atoms with Gasteiger partial charge in [-0.2, -0.15) is 0 Å². The van der Waals surface area contributed by atoms with Crippen LogP contribution in [-0.4, -0.2) is 21.6 Å². The minimum atomic E-state index is -0.270. The molecular formula is C18H16FN3O. The number of aromatic nitrogens is 2. The molecule has 0 unspecified atom stereocenters. The van der Waals surface area contributed by atoms with Crippen molar-refractivity contribution in [1.82, 2.24) is 15.0 Å². The number of rotatable bonds is 3. The molecule has 0 amide bonds. The summed E-state index contributed by atoms with van der Waals surface area (Å²) in [6.45, 7) is 2.42. The number of benzene rings is 1. The second kappa shape index (κ2) is 5.93. The molecule has 1 aliphatic heterocycles. The van der Waals surface area contributed by atoms with Gasteiger partial charge in [-0.1, -0.05) is 23.4 Å². The van der Waals surface area contributed by atoms with Crippen molar-refractivity contribution < 1.29 is 8.91 Å². The van der Waals surface area contributed by atoms with E-state index in [0.717, 1.165) is 30.8 Å². The molecule has 0 radical (unpaired) electrons. The third-order valence-electron chi connectivity index (χ3n) is 4.16. The normalized spacial score (nSPS) is 14.7. The first-order chi connectivity index (χ1) is 11.3. The van der Waals surface area contributed by atoms with Crippen molar-refractivity contribution in [3.8, 4) is 11.3 Å². The molecule has 0 N–H and O–H groups in total. The lowest BCUT2D eigenvalue weighted by molar-refractivity contribution is 0.228. The Labute approximate surface area is 133 Å². The summed E-state index contributed by atoms with van der Waals surface area (Å²) in [4.78, 5) is 6.46. The SMILES string of the molecule is Fc1ccccc1-c1noc2c1CN(Cc1cccnc1)CC2. The predicted molar refractivity (Wildman–Crippen MR) is 84.0 cm³/mol. The van der Waals surface area contributed by atoms with E-state index in [4.69, 9.17) is 4.52 Å².